The second-order valence-corrected chi connectivity index (χ2v) is 9.11. The number of aromatic amines is 1. The number of amides is 1. The highest BCUT2D eigenvalue weighted by atomic mass is 79.9. The molecule has 1 amide bonds. The number of nitrogens with two attached hydrogens (primary N) is 1. The molecule has 4 aromatic rings. The van der Waals surface area contributed by atoms with Gasteiger partial charge in [0.1, 0.15) is 11.3 Å². The molecule has 4 rings (SSSR count). The highest BCUT2D eigenvalue weighted by molar-refractivity contribution is 9.10. The number of aryl methyl sites for hydroxylation is 1. The highest BCUT2D eigenvalue weighted by Gasteiger charge is 2.18. The first-order valence-electron chi connectivity index (χ1n) is 11.4. The van der Waals surface area contributed by atoms with E-state index in [1.54, 1.807) is 6.20 Å². The number of nitrogens with zero attached hydrogens (tertiary/aromatic N) is 4. The first kappa shape index (κ1) is 24.0. The first-order valence-corrected chi connectivity index (χ1v) is 12.2. The molecule has 0 aliphatic carbocycles. The van der Waals surface area contributed by atoms with E-state index < -0.39 is 0 Å². The molecule has 4 N–H and O–H groups in total. The van der Waals surface area contributed by atoms with Gasteiger partial charge in [-0.05, 0) is 67.1 Å². The van der Waals surface area contributed by atoms with Crippen molar-refractivity contribution in [2.45, 2.75) is 27.7 Å². The van der Waals surface area contributed by atoms with E-state index in [0.717, 1.165) is 46.7 Å². The summed E-state index contributed by atoms with van der Waals surface area (Å²) in [4.78, 5) is 27.4. The number of halogens is 1. The van der Waals surface area contributed by atoms with Crippen LogP contribution < -0.4 is 11.1 Å². The van der Waals surface area contributed by atoms with E-state index in [4.69, 9.17) is 5.73 Å². The molecule has 3 aromatic heterocycles. The van der Waals surface area contributed by atoms with Crippen LogP contribution >= 0.6 is 15.9 Å². The van der Waals surface area contributed by atoms with E-state index in [2.05, 4.69) is 65.6 Å². The topological polar surface area (TPSA) is 105 Å². The van der Waals surface area contributed by atoms with Crippen molar-refractivity contribution in [3.05, 3.63) is 58.0 Å². The minimum Gasteiger partial charge on any atom is -0.396 e. The Labute approximate surface area is 207 Å². The minimum atomic E-state index is -0.0684. The Kier molecular flexibility index (Phi) is 7.04. The van der Waals surface area contributed by atoms with Crippen LogP contribution in [-0.4, -0.2) is 56.5 Å². The fourth-order valence-electron chi connectivity index (χ4n) is 4.24. The lowest BCUT2D eigenvalue weighted by molar-refractivity contribution is 0.0949. The molecule has 0 radical (unpaired) electrons. The number of nitrogens with one attached hydrogen (secondary N) is 2. The summed E-state index contributed by atoms with van der Waals surface area (Å²) in [5.41, 5.74) is 12.6. The largest absolute Gasteiger partial charge is 0.396 e. The normalized spacial score (nSPS) is 11.5. The van der Waals surface area contributed by atoms with E-state index in [0.29, 0.717) is 34.8 Å². The Morgan fingerprint density at radius 3 is 2.74 bits per heavy atom. The third-order valence-electron chi connectivity index (χ3n) is 6.17. The quantitative estimate of drug-likeness (QED) is 0.316. The highest BCUT2D eigenvalue weighted by Crippen LogP contribution is 2.32. The number of aromatic nitrogens is 4. The molecule has 1 aromatic carbocycles. The Balaban J connectivity index is 1.61. The van der Waals surface area contributed by atoms with Crippen molar-refractivity contribution in [1.29, 1.82) is 0 Å². The van der Waals surface area contributed by atoms with Crippen molar-refractivity contribution in [2.24, 2.45) is 0 Å². The summed E-state index contributed by atoms with van der Waals surface area (Å²) in [7, 11) is 0. The smallest absolute Gasteiger partial charge is 0.251 e. The lowest BCUT2D eigenvalue weighted by Crippen LogP contribution is -2.34. The average Bonchev–Trinajstić information content (AvgIpc) is 3.40. The molecule has 0 unspecified atom stereocenters. The van der Waals surface area contributed by atoms with Crippen LogP contribution in [0.5, 0.6) is 0 Å². The molecule has 0 saturated heterocycles. The number of nitrogen functional groups attached to an aromatic ring is 1. The van der Waals surface area contributed by atoms with E-state index in [1.165, 1.54) is 0 Å². The van der Waals surface area contributed by atoms with Crippen molar-refractivity contribution in [3.8, 4) is 17.1 Å². The summed E-state index contributed by atoms with van der Waals surface area (Å²) in [5.74, 6) is 0.637. The zero-order valence-corrected chi connectivity index (χ0v) is 21.5. The first-order chi connectivity index (χ1) is 16.3. The third-order valence-corrected chi connectivity index (χ3v) is 6.80. The van der Waals surface area contributed by atoms with Gasteiger partial charge >= 0.3 is 0 Å². The van der Waals surface area contributed by atoms with Crippen molar-refractivity contribution < 1.29 is 4.79 Å². The summed E-state index contributed by atoms with van der Waals surface area (Å²) >= 11 is 3.42. The number of rotatable bonds is 8. The maximum Gasteiger partial charge on any atom is 0.251 e. The van der Waals surface area contributed by atoms with Crippen LogP contribution in [0, 0.1) is 13.8 Å². The molecule has 0 fully saturated rings. The summed E-state index contributed by atoms with van der Waals surface area (Å²) in [6.45, 7) is 11.7. The summed E-state index contributed by atoms with van der Waals surface area (Å²) in [5, 5.41) is 3.03. The Morgan fingerprint density at radius 1 is 1.24 bits per heavy atom. The van der Waals surface area contributed by atoms with Gasteiger partial charge in [-0.25, -0.2) is 9.97 Å². The molecule has 3 heterocycles. The van der Waals surface area contributed by atoms with Crippen LogP contribution in [0.15, 0.2) is 41.0 Å². The molecule has 0 aliphatic rings. The second kappa shape index (κ2) is 9.99. The predicted molar refractivity (Wildman–Crippen MR) is 140 cm³/mol. The van der Waals surface area contributed by atoms with E-state index in [-0.39, 0.29) is 5.91 Å². The number of anilines is 1. The van der Waals surface area contributed by atoms with Crippen molar-refractivity contribution >= 4 is 38.7 Å². The number of pyridine rings is 1. The fourth-order valence-corrected chi connectivity index (χ4v) is 4.54. The van der Waals surface area contributed by atoms with Gasteiger partial charge < -0.3 is 25.5 Å². The van der Waals surface area contributed by atoms with E-state index >= 15 is 0 Å². The molecule has 0 spiro atoms. The maximum absolute atomic E-state index is 12.8. The number of fused-ring (bicyclic) bond motifs is 1. The molecular formula is C25H30BrN7O. The van der Waals surface area contributed by atoms with E-state index in [1.807, 2.05) is 38.1 Å². The number of likely N-dealkylation sites (N-methyl/N-ethyl adjacent to an activating group) is 1. The van der Waals surface area contributed by atoms with Crippen LogP contribution in [0.2, 0.25) is 0 Å². The number of carbonyl (C=O) groups excluding carboxylic acids is 1. The van der Waals surface area contributed by atoms with Gasteiger partial charge in [0.2, 0.25) is 0 Å². The minimum absolute atomic E-state index is 0.0684. The molecule has 34 heavy (non-hydrogen) atoms. The monoisotopic (exact) mass is 523 g/mol. The Hall–Kier alpha value is -3.17. The Bertz CT molecular complexity index is 1340. The number of H-pyrrole nitrogens is 1. The maximum atomic E-state index is 12.8. The van der Waals surface area contributed by atoms with Gasteiger partial charge in [-0.2, -0.15) is 0 Å². The molecule has 0 saturated carbocycles. The van der Waals surface area contributed by atoms with Crippen LogP contribution in [-0.2, 0) is 0 Å². The van der Waals surface area contributed by atoms with Crippen LogP contribution in [0.25, 0.3) is 28.2 Å². The standard InChI is InChI=1S/C25H30BrN7O/c1-5-32(6-2)11-10-28-25(34)17-8-7-9-18(13-17)33-15(3)12-19(16(33)4)23-30-22-21(27)20(26)14-29-24(22)31-23/h7-9,12-14H,5-6,10-11H2,1-4H3,(H,28,34)(H3,27,29,30,31). The zero-order chi connectivity index (χ0) is 24.4. The lowest BCUT2D eigenvalue weighted by Gasteiger charge is -2.18. The number of carbonyl (C=O) groups is 1. The fraction of sp³-hybridized carbons (Fsp3) is 0.320. The molecule has 9 heteroatoms. The summed E-state index contributed by atoms with van der Waals surface area (Å²) in [6.07, 6.45) is 1.66. The third kappa shape index (κ3) is 4.58. The molecule has 178 valence electrons. The average molecular weight is 524 g/mol. The molecule has 0 atom stereocenters. The van der Waals surface area contributed by atoms with Gasteiger partial charge in [-0.15, -0.1) is 0 Å². The molecule has 8 nitrogen and oxygen atoms in total. The summed E-state index contributed by atoms with van der Waals surface area (Å²) < 4.78 is 2.86. The number of imidazole rings is 1. The van der Waals surface area contributed by atoms with E-state index in [9.17, 15) is 4.79 Å². The number of benzene rings is 1. The van der Waals surface area contributed by atoms with Gasteiger partial charge in [-0.1, -0.05) is 19.9 Å². The number of hydrogen-bond donors (Lipinski definition) is 3. The predicted octanol–water partition coefficient (Wildman–Crippen LogP) is 4.45. The van der Waals surface area contributed by atoms with Crippen molar-refractivity contribution in [2.75, 3.05) is 31.9 Å². The lowest BCUT2D eigenvalue weighted by atomic mass is 10.1. The molecular weight excluding hydrogens is 494 g/mol. The van der Waals surface area contributed by atoms with Gasteiger partial charge in [0.25, 0.3) is 5.91 Å². The van der Waals surface area contributed by atoms with Crippen molar-refractivity contribution in [1.82, 2.24) is 29.7 Å². The van der Waals surface area contributed by atoms with Crippen LogP contribution in [0.3, 0.4) is 0 Å². The van der Waals surface area contributed by atoms with Crippen LogP contribution in [0.1, 0.15) is 35.6 Å². The van der Waals surface area contributed by atoms with Gasteiger partial charge in [0, 0.05) is 47.5 Å². The molecule has 0 bridgehead atoms. The van der Waals surface area contributed by atoms with Gasteiger partial charge in [0.15, 0.2) is 5.65 Å². The van der Waals surface area contributed by atoms with Gasteiger partial charge in [-0.3, -0.25) is 4.79 Å². The van der Waals surface area contributed by atoms with Crippen molar-refractivity contribution in [3.63, 3.8) is 0 Å². The second-order valence-electron chi connectivity index (χ2n) is 8.26. The zero-order valence-electron chi connectivity index (χ0n) is 19.9. The number of hydrogen-bond acceptors (Lipinski definition) is 5. The Morgan fingerprint density at radius 2 is 2.00 bits per heavy atom. The SMILES string of the molecule is CCN(CC)CCNC(=O)c1cccc(-n2c(C)cc(-c3nc4ncc(Br)c(N)c4[nH]3)c2C)c1. The summed E-state index contributed by atoms with van der Waals surface area (Å²) in [6, 6.07) is 9.76. The van der Waals surface area contributed by atoms with Crippen LogP contribution in [0.4, 0.5) is 5.69 Å². The molecule has 0 aliphatic heterocycles. The van der Waals surface area contributed by atoms with Gasteiger partial charge in [0.05, 0.1) is 10.2 Å².